The number of sulfone groups is 1. The Bertz CT molecular complexity index is 1060. The molecule has 0 saturated heterocycles. The summed E-state index contributed by atoms with van der Waals surface area (Å²) < 4.78 is 30.6. The maximum atomic E-state index is 12.5. The zero-order valence-corrected chi connectivity index (χ0v) is 16.0. The van der Waals surface area contributed by atoms with Gasteiger partial charge in [-0.2, -0.15) is 0 Å². The summed E-state index contributed by atoms with van der Waals surface area (Å²) in [5.41, 5.74) is 0.706. The quantitative estimate of drug-likeness (QED) is 0.657. The Labute approximate surface area is 158 Å². The summed E-state index contributed by atoms with van der Waals surface area (Å²) in [6.45, 7) is 1.52. The molecule has 0 aliphatic carbocycles. The molecule has 0 unspecified atom stereocenters. The van der Waals surface area contributed by atoms with Crippen LogP contribution in [0.15, 0.2) is 62.3 Å². The van der Waals surface area contributed by atoms with Crippen LogP contribution in [0.5, 0.6) is 0 Å². The molecule has 0 atom stereocenters. The standard InChI is InChI=1S/C17H14BrN3O4S/c1-2-26(23,24)14-9-4-3-8-13(14)15(22)19-17-21-20-16(25-17)11-6-5-7-12(18)10-11/h3-10H,2H2,1H3,(H,19,21,22). The molecular formula is C17H14BrN3O4S. The number of carbonyl (C=O) groups excluding carboxylic acids is 1. The van der Waals surface area contributed by atoms with Gasteiger partial charge in [-0.25, -0.2) is 8.42 Å². The number of benzene rings is 2. The molecule has 0 aliphatic rings. The van der Waals surface area contributed by atoms with E-state index in [1.807, 2.05) is 12.1 Å². The van der Waals surface area contributed by atoms with Gasteiger partial charge >= 0.3 is 6.01 Å². The molecule has 0 spiro atoms. The van der Waals surface area contributed by atoms with Gasteiger partial charge in [0.05, 0.1) is 16.2 Å². The van der Waals surface area contributed by atoms with Gasteiger partial charge in [0.2, 0.25) is 5.89 Å². The van der Waals surface area contributed by atoms with E-state index in [0.717, 1.165) is 4.47 Å². The largest absolute Gasteiger partial charge is 0.403 e. The number of halogens is 1. The Balaban J connectivity index is 1.86. The second kappa shape index (κ2) is 7.38. The highest BCUT2D eigenvalue weighted by Gasteiger charge is 2.22. The van der Waals surface area contributed by atoms with Crippen molar-refractivity contribution in [2.45, 2.75) is 11.8 Å². The van der Waals surface area contributed by atoms with Gasteiger partial charge in [0.1, 0.15) is 0 Å². The van der Waals surface area contributed by atoms with Crippen molar-refractivity contribution in [1.82, 2.24) is 10.2 Å². The van der Waals surface area contributed by atoms with E-state index < -0.39 is 15.7 Å². The van der Waals surface area contributed by atoms with Crippen LogP contribution in [0, 0.1) is 0 Å². The summed E-state index contributed by atoms with van der Waals surface area (Å²) in [5.74, 6) is -0.511. The Hall–Kier alpha value is -2.52. The summed E-state index contributed by atoms with van der Waals surface area (Å²) in [5, 5.41) is 10.1. The van der Waals surface area contributed by atoms with Gasteiger partial charge in [-0.15, -0.1) is 5.10 Å². The molecule has 1 heterocycles. The maximum absolute atomic E-state index is 12.5. The highest BCUT2D eigenvalue weighted by molar-refractivity contribution is 9.10. The van der Waals surface area contributed by atoms with Crippen LogP contribution in [0.25, 0.3) is 11.5 Å². The predicted molar refractivity (Wildman–Crippen MR) is 99.6 cm³/mol. The minimum absolute atomic E-state index is 0.0246. The lowest BCUT2D eigenvalue weighted by Gasteiger charge is -2.07. The van der Waals surface area contributed by atoms with Gasteiger partial charge in [-0.1, -0.05) is 46.2 Å². The van der Waals surface area contributed by atoms with Gasteiger partial charge in [-0.3, -0.25) is 10.1 Å². The summed E-state index contributed by atoms with van der Waals surface area (Å²) in [4.78, 5) is 12.5. The summed E-state index contributed by atoms with van der Waals surface area (Å²) in [6.07, 6.45) is 0. The lowest BCUT2D eigenvalue weighted by atomic mass is 10.2. The minimum Gasteiger partial charge on any atom is -0.403 e. The Morgan fingerprint density at radius 2 is 1.92 bits per heavy atom. The average molecular weight is 436 g/mol. The zero-order valence-electron chi connectivity index (χ0n) is 13.6. The Kier molecular flexibility index (Phi) is 5.19. The van der Waals surface area contributed by atoms with Crippen LogP contribution in [0.2, 0.25) is 0 Å². The molecule has 2 aromatic carbocycles. The number of nitrogens with one attached hydrogen (secondary N) is 1. The molecule has 7 nitrogen and oxygen atoms in total. The Morgan fingerprint density at radius 3 is 2.65 bits per heavy atom. The van der Waals surface area contributed by atoms with Crippen LogP contribution in [0.4, 0.5) is 6.01 Å². The van der Waals surface area contributed by atoms with Crippen molar-refractivity contribution in [3.8, 4) is 11.5 Å². The van der Waals surface area contributed by atoms with Crippen LogP contribution in [-0.4, -0.2) is 30.3 Å². The van der Waals surface area contributed by atoms with Crippen molar-refractivity contribution in [2.24, 2.45) is 0 Å². The molecule has 0 bridgehead atoms. The van der Waals surface area contributed by atoms with E-state index in [1.54, 1.807) is 24.3 Å². The van der Waals surface area contributed by atoms with Gasteiger partial charge in [0, 0.05) is 10.0 Å². The molecule has 1 amide bonds. The predicted octanol–water partition coefficient (Wildman–Crippen LogP) is 3.55. The fourth-order valence-electron chi connectivity index (χ4n) is 2.26. The van der Waals surface area contributed by atoms with Crippen molar-refractivity contribution >= 4 is 37.7 Å². The third kappa shape index (κ3) is 3.83. The number of anilines is 1. The maximum Gasteiger partial charge on any atom is 0.322 e. The van der Waals surface area contributed by atoms with E-state index in [-0.39, 0.29) is 28.1 Å². The number of aromatic nitrogens is 2. The third-order valence-electron chi connectivity index (χ3n) is 3.56. The highest BCUT2D eigenvalue weighted by atomic mass is 79.9. The molecule has 0 aliphatic heterocycles. The number of amides is 1. The summed E-state index contributed by atoms with van der Waals surface area (Å²) in [7, 11) is -3.54. The molecule has 0 fully saturated rings. The lowest BCUT2D eigenvalue weighted by Crippen LogP contribution is -2.17. The van der Waals surface area contributed by atoms with Crippen LogP contribution >= 0.6 is 15.9 Å². The SMILES string of the molecule is CCS(=O)(=O)c1ccccc1C(=O)Nc1nnc(-c2cccc(Br)c2)o1. The number of hydrogen-bond acceptors (Lipinski definition) is 6. The molecule has 0 saturated carbocycles. The first-order valence-electron chi connectivity index (χ1n) is 7.63. The van der Waals surface area contributed by atoms with Gasteiger partial charge < -0.3 is 4.42 Å². The second-order valence-electron chi connectivity index (χ2n) is 5.28. The molecule has 3 aromatic rings. The average Bonchev–Trinajstić information content (AvgIpc) is 3.10. The van der Waals surface area contributed by atoms with E-state index in [4.69, 9.17) is 4.42 Å². The van der Waals surface area contributed by atoms with Crippen molar-refractivity contribution in [3.05, 3.63) is 58.6 Å². The molecule has 0 radical (unpaired) electrons. The molecular weight excluding hydrogens is 422 g/mol. The third-order valence-corrected chi connectivity index (χ3v) is 5.84. The zero-order chi connectivity index (χ0) is 18.7. The first-order valence-corrected chi connectivity index (χ1v) is 10.1. The normalized spacial score (nSPS) is 11.3. The van der Waals surface area contributed by atoms with Crippen LogP contribution in [0.3, 0.4) is 0 Å². The van der Waals surface area contributed by atoms with Crippen molar-refractivity contribution in [3.63, 3.8) is 0 Å². The monoisotopic (exact) mass is 435 g/mol. The lowest BCUT2D eigenvalue weighted by molar-refractivity contribution is 0.102. The minimum atomic E-state index is -3.54. The first kappa shape index (κ1) is 18.3. The topological polar surface area (TPSA) is 102 Å². The number of hydrogen-bond donors (Lipinski definition) is 1. The molecule has 3 rings (SSSR count). The highest BCUT2D eigenvalue weighted by Crippen LogP contribution is 2.24. The van der Waals surface area contributed by atoms with E-state index >= 15 is 0 Å². The van der Waals surface area contributed by atoms with Gasteiger partial charge in [-0.05, 0) is 30.3 Å². The van der Waals surface area contributed by atoms with E-state index in [9.17, 15) is 13.2 Å². The smallest absolute Gasteiger partial charge is 0.322 e. The second-order valence-corrected chi connectivity index (χ2v) is 8.44. The van der Waals surface area contributed by atoms with E-state index in [1.165, 1.54) is 19.1 Å². The number of nitrogens with zero attached hydrogens (tertiary/aromatic N) is 2. The van der Waals surface area contributed by atoms with Gasteiger partial charge in [0.25, 0.3) is 5.91 Å². The van der Waals surface area contributed by atoms with E-state index in [0.29, 0.717) is 5.56 Å². The number of rotatable bonds is 5. The van der Waals surface area contributed by atoms with Crippen LogP contribution in [-0.2, 0) is 9.84 Å². The summed E-state index contributed by atoms with van der Waals surface area (Å²) >= 11 is 3.35. The van der Waals surface area contributed by atoms with Crippen molar-refractivity contribution < 1.29 is 17.6 Å². The van der Waals surface area contributed by atoms with E-state index in [2.05, 4.69) is 31.4 Å². The molecule has 26 heavy (non-hydrogen) atoms. The first-order chi connectivity index (χ1) is 12.4. The molecule has 134 valence electrons. The van der Waals surface area contributed by atoms with Crippen LogP contribution < -0.4 is 5.32 Å². The van der Waals surface area contributed by atoms with Crippen LogP contribution in [0.1, 0.15) is 17.3 Å². The van der Waals surface area contributed by atoms with Gasteiger partial charge in [0.15, 0.2) is 9.84 Å². The summed E-state index contributed by atoms with van der Waals surface area (Å²) in [6, 6.07) is 13.1. The Morgan fingerprint density at radius 1 is 1.15 bits per heavy atom. The molecule has 1 N–H and O–H groups in total. The molecule has 1 aromatic heterocycles. The number of carbonyl (C=O) groups is 1. The fourth-order valence-corrected chi connectivity index (χ4v) is 3.75. The molecule has 9 heteroatoms. The fraction of sp³-hybridized carbons (Fsp3) is 0.118. The van der Waals surface area contributed by atoms with Crippen molar-refractivity contribution in [2.75, 3.05) is 11.1 Å². The van der Waals surface area contributed by atoms with Crippen molar-refractivity contribution in [1.29, 1.82) is 0 Å².